The van der Waals surface area contributed by atoms with Gasteiger partial charge in [-0.05, 0) is 0 Å². The summed E-state index contributed by atoms with van der Waals surface area (Å²) in [6.45, 7) is 0. The summed E-state index contributed by atoms with van der Waals surface area (Å²) in [5.41, 5.74) is 11.9. The molecular weight excluding hydrogens is 619 g/mol. The zero-order chi connectivity index (χ0) is 26.0. The van der Waals surface area contributed by atoms with Gasteiger partial charge in [0.1, 0.15) is 0 Å². The fourth-order valence-electron chi connectivity index (χ4n) is 7.05. The molecule has 0 unspecified atom stereocenters. The van der Waals surface area contributed by atoms with Gasteiger partial charge < -0.3 is 24.8 Å². The Morgan fingerprint density at radius 1 is 0.585 bits per heavy atom. The van der Waals surface area contributed by atoms with Crippen molar-refractivity contribution in [2.45, 2.75) is 55.0 Å². The van der Waals surface area contributed by atoms with Gasteiger partial charge in [0.15, 0.2) is 0 Å². The molecule has 1 fully saturated rings. The molecule has 0 nitrogen and oxygen atoms in total. The Morgan fingerprint density at radius 2 is 1.12 bits per heavy atom. The van der Waals surface area contributed by atoms with Crippen molar-refractivity contribution in [2.75, 3.05) is 0 Å². The summed E-state index contributed by atoms with van der Waals surface area (Å²) in [6, 6.07) is 36.9. The topological polar surface area (TPSA) is 0 Å². The van der Waals surface area contributed by atoms with E-state index in [-0.39, 0.29) is 24.8 Å². The van der Waals surface area contributed by atoms with Crippen LogP contribution in [-0.2, 0) is 34.1 Å². The van der Waals surface area contributed by atoms with Crippen molar-refractivity contribution in [3.63, 3.8) is 0 Å². The maximum Gasteiger partial charge on any atom is -1.00 e. The van der Waals surface area contributed by atoms with E-state index in [9.17, 15) is 0 Å². The van der Waals surface area contributed by atoms with E-state index in [2.05, 4.69) is 115 Å². The van der Waals surface area contributed by atoms with Gasteiger partial charge in [0.05, 0.1) is 0 Å². The first-order valence-corrected chi connectivity index (χ1v) is 18.6. The van der Waals surface area contributed by atoms with Crippen LogP contribution < -0.4 is 24.8 Å². The van der Waals surface area contributed by atoms with Crippen molar-refractivity contribution in [2.24, 2.45) is 0 Å². The average molecular weight is 655 g/mol. The van der Waals surface area contributed by atoms with Crippen LogP contribution >= 0.6 is 0 Å². The minimum absolute atomic E-state index is 0. The minimum Gasteiger partial charge on any atom is -1.00 e. The van der Waals surface area contributed by atoms with E-state index in [1.807, 2.05) is 6.49 Å². The van der Waals surface area contributed by atoms with Gasteiger partial charge in [0, 0.05) is 0 Å². The molecule has 3 heteroatoms. The van der Waals surface area contributed by atoms with Crippen LogP contribution in [0.15, 0.2) is 119 Å². The Kier molecular flexibility index (Phi) is 10.1. The Balaban J connectivity index is 0.00000169. The summed E-state index contributed by atoms with van der Waals surface area (Å²) in [5, 5.41) is 0. The molecule has 0 aliphatic heterocycles. The van der Waals surface area contributed by atoms with Gasteiger partial charge in [0.25, 0.3) is 0 Å². The number of fused-ring (bicyclic) bond motifs is 3. The molecule has 0 saturated heterocycles. The second-order valence-electron chi connectivity index (χ2n) is 11.5. The van der Waals surface area contributed by atoms with Crippen molar-refractivity contribution in [3.05, 3.63) is 152 Å². The van der Waals surface area contributed by atoms with E-state index in [1.54, 1.807) is 11.1 Å². The molecule has 0 spiro atoms. The molecule has 4 aromatic rings. The molecule has 0 bridgehead atoms. The van der Waals surface area contributed by atoms with E-state index in [4.69, 9.17) is 0 Å². The summed E-state index contributed by atoms with van der Waals surface area (Å²) in [6.07, 6.45) is 17.4. The van der Waals surface area contributed by atoms with Gasteiger partial charge in [-0.3, -0.25) is 0 Å². The maximum absolute atomic E-state index is 2.54. The molecule has 0 heterocycles. The number of allylic oxidation sites excluding steroid dienone is 4. The molecule has 206 valence electrons. The van der Waals surface area contributed by atoms with Gasteiger partial charge in [0.2, 0.25) is 0 Å². The monoisotopic (exact) mass is 652 g/mol. The van der Waals surface area contributed by atoms with Crippen LogP contribution in [0.3, 0.4) is 0 Å². The SMILES string of the molecule is C1=CC[C]([Zr+2](=[C]2CCCCC2)[CH]2c3ccc(Cc4ccccc4)cc3-c3cc(Cc4ccccc4)ccc32)=C1.[Cl-].[Cl-]. The summed E-state index contributed by atoms with van der Waals surface area (Å²) < 4.78 is 4.43. The second-order valence-corrected chi connectivity index (χ2v) is 18.3. The Labute approximate surface area is 265 Å². The van der Waals surface area contributed by atoms with Gasteiger partial charge in [-0.1, -0.05) is 0 Å². The summed E-state index contributed by atoms with van der Waals surface area (Å²) in [7, 11) is 0. The van der Waals surface area contributed by atoms with Crippen LogP contribution in [-0.4, -0.2) is 3.21 Å². The molecule has 4 aromatic carbocycles. The van der Waals surface area contributed by atoms with Crippen molar-refractivity contribution in [1.29, 1.82) is 0 Å². The largest absolute Gasteiger partial charge is 1.00 e. The van der Waals surface area contributed by atoms with Crippen LogP contribution in [0.1, 0.15) is 75.5 Å². The number of halogens is 2. The molecule has 7 rings (SSSR count). The van der Waals surface area contributed by atoms with Crippen LogP contribution in [0.2, 0.25) is 0 Å². The molecule has 0 aromatic heterocycles. The zero-order valence-corrected chi connectivity index (χ0v) is 27.4. The van der Waals surface area contributed by atoms with Crippen LogP contribution in [0.25, 0.3) is 11.1 Å². The molecule has 41 heavy (non-hydrogen) atoms. The number of benzene rings is 4. The van der Waals surface area contributed by atoms with Crippen LogP contribution in [0.5, 0.6) is 0 Å². The Morgan fingerprint density at radius 3 is 1.61 bits per heavy atom. The third kappa shape index (κ3) is 6.39. The van der Waals surface area contributed by atoms with Crippen molar-refractivity contribution in [1.82, 2.24) is 0 Å². The quantitative estimate of drug-likeness (QED) is 0.299. The molecule has 0 atom stereocenters. The molecule has 0 radical (unpaired) electrons. The number of rotatable bonds is 6. The van der Waals surface area contributed by atoms with Gasteiger partial charge in [-0.2, -0.15) is 0 Å². The van der Waals surface area contributed by atoms with E-state index in [0.717, 1.165) is 12.8 Å². The Bertz CT molecular complexity index is 1500. The van der Waals surface area contributed by atoms with E-state index >= 15 is 0 Å². The molecule has 3 aliphatic rings. The zero-order valence-electron chi connectivity index (χ0n) is 23.5. The maximum atomic E-state index is 2.54. The van der Waals surface area contributed by atoms with E-state index < -0.39 is 21.3 Å². The normalized spacial score (nSPS) is 15.2. The fraction of sp³-hybridized carbons (Fsp3) is 0.237. The average Bonchev–Trinajstić information content (AvgIpc) is 3.62. The van der Waals surface area contributed by atoms with Gasteiger partial charge in [-0.15, -0.1) is 0 Å². The van der Waals surface area contributed by atoms with Crippen molar-refractivity contribution >= 4 is 3.21 Å². The second kappa shape index (κ2) is 13.8. The molecule has 0 N–H and O–H groups in total. The summed E-state index contributed by atoms with van der Waals surface area (Å²) >= 11 is -2.12. The number of hydrogen-bond acceptors (Lipinski definition) is 0. The molecular formula is C38H36Cl2Zr. The Hall–Kier alpha value is -2.31. The first-order chi connectivity index (χ1) is 19.3. The predicted octanol–water partition coefficient (Wildman–Crippen LogP) is 3.54. The van der Waals surface area contributed by atoms with Crippen LogP contribution in [0.4, 0.5) is 0 Å². The first kappa shape index (κ1) is 30.2. The molecule has 3 aliphatic carbocycles. The van der Waals surface area contributed by atoms with Gasteiger partial charge in [-0.25, -0.2) is 0 Å². The summed E-state index contributed by atoms with van der Waals surface area (Å²) in [5.74, 6) is 0. The molecule has 1 saturated carbocycles. The smallest absolute Gasteiger partial charge is 1.00 e. The number of hydrogen-bond donors (Lipinski definition) is 0. The third-order valence-electron chi connectivity index (χ3n) is 8.89. The predicted molar refractivity (Wildman–Crippen MR) is 162 cm³/mol. The third-order valence-corrected chi connectivity index (χ3v) is 17.6. The van der Waals surface area contributed by atoms with Crippen molar-refractivity contribution in [3.8, 4) is 11.1 Å². The van der Waals surface area contributed by atoms with Crippen LogP contribution in [0, 0.1) is 0 Å². The summed E-state index contributed by atoms with van der Waals surface area (Å²) in [4.78, 5) is 0. The fourth-order valence-corrected chi connectivity index (χ4v) is 16.5. The van der Waals surface area contributed by atoms with Gasteiger partial charge >= 0.3 is 243 Å². The van der Waals surface area contributed by atoms with Crippen molar-refractivity contribution < 1.29 is 46.1 Å². The molecule has 0 amide bonds. The minimum atomic E-state index is -2.12. The van der Waals surface area contributed by atoms with E-state index in [1.165, 1.54) is 71.9 Å². The first-order valence-electron chi connectivity index (χ1n) is 14.8. The van der Waals surface area contributed by atoms with E-state index in [0.29, 0.717) is 3.63 Å². The standard InChI is InChI=1S/C27H21.C6H10.C5H5.2ClH.Zr/c1-3-7-20(8-4-1)15-22-11-13-24-19-25-14-12-23(18-27(25)26(24)17-22)16-21-9-5-2-6-10-21;1-2-4-6-5-3-1;1-2-4-5-3-1;;;/h1-14,17-19H,15-16H2;1-5H2;1-3H,4H2;2*1H;/q;;;;;+2/p-2.